The van der Waals surface area contributed by atoms with Crippen LogP contribution in [0.25, 0.3) is 38.9 Å². The van der Waals surface area contributed by atoms with Crippen molar-refractivity contribution >= 4 is 34.2 Å². The van der Waals surface area contributed by atoms with Gasteiger partial charge in [0.2, 0.25) is 0 Å². The number of benzene rings is 3. The van der Waals surface area contributed by atoms with Gasteiger partial charge in [-0.3, -0.25) is 0 Å². The summed E-state index contributed by atoms with van der Waals surface area (Å²) in [6.07, 6.45) is 4.50. The molecule has 0 spiro atoms. The van der Waals surface area contributed by atoms with Crippen LogP contribution in [-0.2, 0) is 20.1 Å². The Bertz CT molecular complexity index is 1820. The minimum Gasteiger partial charge on any atom is -0.350 e. The van der Waals surface area contributed by atoms with Gasteiger partial charge in [0, 0.05) is 54.4 Å². The predicted molar refractivity (Wildman–Crippen MR) is 152 cm³/mol. The highest BCUT2D eigenvalue weighted by Gasteiger charge is 2.21. The number of hydrogen-bond acceptors (Lipinski definition) is 3. The molecule has 3 aromatic heterocycles. The SMILES string of the molecule is Cl.Cn1cc(-c2n[nH]c(=O)n2-c2cn(CCCNCc3ccccc3)c3ccc(F)cc23)c2cc(F)ccc21. The number of aryl methyl sites for hydroxylation is 2. The minimum absolute atomic E-state index is 0. The van der Waals surface area contributed by atoms with Crippen LogP contribution in [0.2, 0.25) is 0 Å². The Morgan fingerprint density at radius 2 is 1.64 bits per heavy atom. The number of nitrogens with one attached hydrogen (secondary N) is 2. The first-order valence-corrected chi connectivity index (χ1v) is 12.5. The van der Waals surface area contributed by atoms with Crippen molar-refractivity contribution in [3.8, 4) is 17.1 Å². The van der Waals surface area contributed by atoms with Crippen LogP contribution in [0.4, 0.5) is 8.78 Å². The molecule has 0 amide bonds. The molecule has 0 aliphatic rings. The van der Waals surface area contributed by atoms with Gasteiger partial charge in [-0.25, -0.2) is 23.2 Å². The van der Waals surface area contributed by atoms with Crippen LogP contribution in [0.1, 0.15) is 12.0 Å². The van der Waals surface area contributed by atoms with Crippen LogP contribution in [0.15, 0.2) is 83.9 Å². The predicted octanol–water partition coefficient (Wildman–Crippen LogP) is 5.55. The molecule has 10 heteroatoms. The van der Waals surface area contributed by atoms with Crippen LogP contribution < -0.4 is 11.0 Å². The highest BCUT2D eigenvalue weighted by molar-refractivity contribution is 5.96. The van der Waals surface area contributed by atoms with Gasteiger partial charge in [0.05, 0.1) is 11.2 Å². The summed E-state index contributed by atoms with van der Waals surface area (Å²) >= 11 is 0. The molecule has 0 radical (unpaired) electrons. The van der Waals surface area contributed by atoms with Crippen LogP contribution in [-0.4, -0.2) is 30.4 Å². The molecule has 6 rings (SSSR count). The van der Waals surface area contributed by atoms with Gasteiger partial charge in [0.15, 0.2) is 5.82 Å². The van der Waals surface area contributed by atoms with Gasteiger partial charge in [-0.15, -0.1) is 12.4 Å². The topological polar surface area (TPSA) is 72.6 Å². The zero-order chi connectivity index (χ0) is 26.2. The summed E-state index contributed by atoms with van der Waals surface area (Å²) in [5, 5.41) is 11.5. The molecule has 0 atom stereocenters. The largest absolute Gasteiger partial charge is 0.350 e. The monoisotopic (exact) mass is 548 g/mol. The number of hydrogen-bond donors (Lipinski definition) is 2. The van der Waals surface area contributed by atoms with Crippen LogP contribution in [0.3, 0.4) is 0 Å². The molecule has 2 N–H and O–H groups in total. The molecule has 0 bridgehead atoms. The summed E-state index contributed by atoms with van der Waals surface area (Å²) in [6.45, 7) is 2.25. The summed E-state index contributed by atoms with van der Waals surface area (Å²) in [5.74, 6) is -0.445. The molecule has 3 aromatic carbocycles. The van der Waals surface area contributed by atoms with E-state index in [4.69, 9.17) is 0 Å². The smallest absolute Gasteiger partial charge is 0.348 e. The van der Waals surface area contributed by atoms with E-state index in [0.717, 1.165) is 30.5 Å². The van der Waals surface area contributed by atoms with Crippen molar-refractivity contribution in [2.75, 3.05) is 6.54 Å². The van der Waals surface area contributed by atoms with E-state index >= 15 is 0 Å². The molecule has 6 aromatic rings. The van der Waals surface area contributed by atoms with Crippen LogP contribution in [0.5, 0.6) is 0 Å². The fraction of sp³-hybridized carbons (Fsp3) is 0.172. The van der Waals surface area contributed by atoms with Gasteiger partial charge in [-0.2, -0.15) is 5.10 Å². The third-order valence-corrected chi connectivity index (χ3v) is 6.85. The van der Waals surface area contributed by atoms with Crippen molar-refractivity contribution in [1.82, 2.24) is 29.2 Å². The Labute approximate surface area is 229 Å². The molecular formula is C29H27ClF2N6O. The normalized spacial score (nSPS) is 11.4. The van der Waals surface area contributed by atoms with Crippen molar-refractivity contribution in [2.45, 2.75) is 19.5 Å². The van der Waals surface area contributed by atoms with E-state index in [0.29, 0.717) is 34.4 Å². The van der Waals surface area contributed by atoms with E-state index in [-0.39, 0.29) is 18.2 Å². The summed E-state index contributed by atoms with van der Waals surface area (Å²) in [5.41, 5.74) is 3.49. The number of halogens is 3. The maximum atomic E-state index is 14.4. The van der Waals surface area contributed by atoms with E-state index in [2.05, 4.69) is 27.6 Å². The maximum Gasteiger partial charge on any atom is 0.348 e. The van der Waals surface area contributed by atoms with E-state index in [1.165, 1.54) is 34.4 Å². The lowest BCUT2D eigenvalue weighted by atomic mass is 10.1. The quantitative estimate of drug-likeness (QED) is 0.245. The fourth-order valence-electron chi connectivity index (χ4n) is 5.06. The fourth-order valence-corrected chi connectivity index (χ4v) is 5.06. The molecule has 200 valence electrons. The molecule has 0 aliphatic heterocycles. The van der Waals surface area contributed by atoms with Crippen molar-refractivity contribution in [1.29, 1.82) is 0 Å². The summed E-state index contributed by atoms with van der Waals surface area (Å²) in [7, 11) is 1.85. The van der Waals surface area contributed by atoms with E-state index in [9.17, 15) is 13.6 Å². The van der Waals surface area contributed by atoms with Crippen molar-refractivity contribution in [2.24, 2.45) is 7.05 Å². The van der Waals surface area contributed by atoms with E-state index in [1.54, 1.807) is 12.1 Å². The second kappa shape index (κ2) is 10.9. The minimum atomic E-state index is -0.457. The molecule has 0 saturated heterocycles. The van der Waals surface area contributed by atoms with Gasteiger partial charge in [-0.05, 0) is 54.9 Å². The first-order chi connectivity index (χ1) is 18.5. The standard InChI is InChI=1S/C29H26F2N6O.ClH/c1-35-17-24(22-14-20(30)8-10-25(22)35)28-33-34-29(38)37(28)27-18-36(26-11-9-21(31)15-23(26)27)13-5-12-32-16-19-6-3-2-4-7-19;/h2-4,6-11,14-15,17-18,32H,5,12-13,16H2,1H3,(H,34,38);1H. The number of H-pyrrole nitrogens is 1. The molecule has 3 heterocycles. The van der Waals surface area contributed by atoms with Crippen molar-refractivity contribution in [3.05, 3.63) is 107 Å². The van der Waals surface area contributed by atoms with Gasteiger partial charge in [-0.1, -0.05) is 30.3 Å². The molecule has 7 nitrogen and oxygen atoms in total. The molecule has 39 heavy (non-hydrogen) atoms. The summed E-state index contributed by atoms with van der Waals surface area (Å²) in [6, 6.07) is 19.3. The van der Waals surface area contributed by atoms with Gasteiger partial charge in [0.1, 0.15) is 11.6 Å². The zero-order valence-corrected chi connectivity index (χ0v) is 22.0. The Morgan fingerprint density at radius 3 is 2.41 bits per heavy atom. The van der Waals surface area contributed by atoms with E-state index in [1.807, 2.05) is 46.8 Å². The highest BCUT2D eigenvalue weighted by Crippen LogP contribution is 2.32. The summed E-state index contributed by atoms with van der Waals surface area (Å²) in [4.78, 5) is 13.0. The lowest BCUT2D eigenvalue weighted by Crippen LogP contribution is -2.16. The Kier molecular flexibility index (Phi) is 7.36. The highest BCUT2D eigenvalue weighted by atomic mass is 35.5. The first-order valence-electron chi connectivity index (χ1n) is 12.5. The number of aromatic amines is 1. The molecule has 0 fully saturated rings. The van der Waals surface area contributed by atoms with Crippen LogP contribution in [0, 0.1) is 11.6 Å². The lowest BCUT2D eigenvalue weighted by molar-refractivity contribution is 0.590. The first kappa shape index (κ1) is 26.4. The zero-order valence-electron chi connectivity index (χ0n) is 21.2. The second-order valence-corrected chi connectivity index (χ2v) is 9.39. The third-order valence-electron chi connectivity index (χ3n) is 6.85. The average Bonchev–Trinajstić information content (AvgIpc) is 3.56. The Balaban J connectivity index is 0.00000308. The Hall–Kier alpha value is -4.21. The van der Waals surface area contributed by atoms with Gasteiger partial charge < -0.3 is 14.5 Å². The Morgan fingerprint density at radius 1 is 0.923 bits per heavy atom. The number of nitrogens with zero attached hydrogens (tertiary/aromatic N) is 4. The maximum absolute atomic E-state index is 14.4. The van der Waals surface area contributed by atoms with Crippen molar-refractivity contribution in [3.63, 3.8) is 0 Å². The molecular weight excluding hydrogens is 522 g/mol. The lowest BCUT2D eigenvalue weighted by Gasteiger charge is -2.07. The number of aromatic nitrogens is 5. The van der Waals surface area contributed by atoms with Crippen molar-refractivity contribution < 1.29 is 8.78 Å². The number of rotatable bonds is 8. The third kappa shape index (κ3) is 4.98. The summed E-state index contributed by atoms with van der Waals surface area (Å²) < 4.78 is 33.9. The average molecular weight is 549 g/mol. The molecule has 0 aliphatic carbocycles. The molecule has 0 unspecified atom stereocenters. The van der Waals surface area contributed by atoms with E-state index < -0.39 is 11.5 Å². The van der Waals surface area contributed by atoms with Gasteiger partial charge >= 0.3 is 5.69 Å². The molecule has 0 saturated carbocycles. The number of fused-ring (bicyclic) bond motifs is 2. The van der Waals surface area contributed by atoms with Crippen LogP contribution >= 0.6 is 12.4 Å². The van der Waals surface area contributed by atoms with Gasteiger partial charge in [0.25, 0.3) is 0 Å². The second-order valence-electron chi connectivity index (χ2n) is 9.39.